The van der Waals surface area contributed by atoms with Gasteiger partial charge in [0.15, 0.2) is 0 Å². The molecule has 1 fully saturated rings. The number of hydrogen-bond acceptors (Lipinski definition) is 5. The maximum atomic E-state index is 12.5. The molecule has 0 unspecified atom stereocenters. The third-order valence-electron chi connectivity index (χ3n) is 3.93. The summed E-state index contributed by atoms with van der Waals surface area (Å²) in [7, 11) is 0. The topological polar surface area (TPSA) is 68.7 Å². The lowest BCUT2D eigenvalue weighted by Crippen LogP contribution is -2.58. The van der Waals surface area contributed by atoms with E-state index in [0.717, 1.165) is 23.0 Å². The van der Waals surface area contributed by atoms with Gasteiger partial charge in [0.1, 0.15) is 5.01 Å². The average Bonchev–Trinajstić information content (AvgIpc) is 2.83. The monoisotopic (exact) mass is 340 g/mol. The molecule has 0 spiro atoms. The summed E-state index contributed by atoms with van der Waals surface area (Å²) in [5.74, 6) is 0. The predicted molar refractivity (Wildman–Crippen MR) is 92.7 cm³/mol. The summed E-state index contributed by atoms with van der Waals surface area (Å²) in [5.41, 5.74) is -0.707. The smallest absolute Gasteiger partial charge is 0.318 e. The normalized spacial score (nSPS) is 21.3. The molecule has 1 saturated heterocycles. The quantitative estimate of drug-likeness (QED) is 0.880. The third kappa shape index (κ3) is 5.16. The van der Waals surface area contributed by atoms with Gasteiger partial charge in [0.2, 0.25) is 0 Å². The van der Waals surface area contributed by atoms with Crippen LogP contribution in [0.25, 0.3) is 0 Å². The van der Waals surface area contributed by atoms with Crippen LogP contribution < -0.4 is 5.32 Å². The minimum absolute atomic E-state index is 0.0410. The van der Waals surface area contributed by atoms with Gasteiger partial charge >= 0.3 is 6.03 Å². The van der Waals surface area contributed by atoms with E-state index in [1.54, 1.807) is 11.3 Å². The van der Waals surface area contributed by atoms with Crippen molar-refractivity contribution in [3.05, 3.63) is 16.1 Å². The first kappa shape index (κ1) is 18.2. The molecular formula is C16H28N4O2S. The molecule has 1 aliphatic heterocycles. The second-order valence-corrected chi connectivity index (χ2v) is 8.34. The van der Waals surface area contributed by atoms with Crippen LogP contribution in [0.3, 0.4) is 0 Å². The number of aromatic nitrogens is 1. The van der Waals surface area contributed by atoms with Crippen molar-refractivity contribution in [1.29, 1.82) is 0 Å². The molecular weight excluding hydrogens is 312 g/mol. The molecule has 2 N–H and O–H groups in total. The van der Waals surface area contributed by atoms with E-state index < -0.39 is 5.60 Å². The summed E-state index contributed by atoms with van der Waals surface area (Å²) >= 11 is 1.61. The summed E-state index contributed by atoms with van der Waals surface area (Å²) in [5, 5.41) is 13.9. The van der Waals surface area contributed by atoms with Crippen molar-refractivity contribution in [3.63, 3.8) is 0 Å². The van der Waals surface area contributed by atoms with Gasteiger partial charge in [-0.15, -0.1) is 11.3 Å². The van der Waals surface area contributed by atoms with Crippen LogP contribution in [0.5, 0.6) is 0 Å². The predicted octanol–water partition coefficient (Wildman–Crippen LogP) is 2.00. The van der Waals surface area contributed by atoms with E-state index in [2.05, 4.69) is 15.2 Å². The van der Waals surface area contributed by atoms with Crippen LogP contribution in [-0.2, 0) is 0 Å². The van der Waals surface area contributed by atoms with E-state index in [1.165, 1.54) is 0 Å². The lowest BCUT2D eigenvalue weighted by molar-refractivity contribution is 0.0117. The summed E-state index contributed by atoms with van der Waals surface area (Å²) in [4.78, 5) is 22.1. The highest BCUT2D eigenvalue weighted by molar-refractivity contribution is 7.11. The number of rotatable bonds is 4. The maximum absolute atomic E-state index is 12.5. The Morgan fingerprint density at radius 3 is 2.78 bits per heavy atom. The molecule has 0 aliphatic carbocycles. The van der Waals surface area contributed by atoms with E-state index >= 15 is 0 Å². The Morgan fingerprint density at radius 2 is 2.26 bits per heavy atom. The van der Waals surface area contributed by atoms with Crippen LogP contribution in [0.2, 0.25) is 0 Å². The van der Waals surface area contributed by atoms with E-state index in [9.17, 15) is 9.90 Å². The second-order valence-electron chi connectivity index (χ2n) is 7.07. The van der Waals surface area contributed by atoms with E-state index in [1.807, 2.05) is 45.7 Å². The van der Waals surface area contributed by atoms with Crippen LogP contribution in [0.4, 0.5) is 4.79 Å². The fourth-order valence-electron chi connectivity index (χ4n) is 2.93. The number of piperazine rings is 1. The number of hydrogen-bond donors (Lipinski definition) is 2. The Balaban J connectivity index is 1.88. The fourth-order valence-corrected chi connectivity index (χ4v) is 3.70. The maximum Gasteiger partial charge on any atom is 0.318 e. The minimum atomic E-state index is -0.707. The largest absolute Gasteiger partial charge is 0.389 e. The van der Waals surface area contributed by atoms with E-state index in [0.29, 0.717) is 13.1 Å². The highest BCUT2D eigenvalue weighted by atomic mass is 32.1. The molecule has 0 aromatic carbocycles. The lowest BCUT2D eigenvalue weighted by atomic mass is 10.1. The van der Waals surface area contributed by atoms with Gasteiger partial charge < -0.3 is 15.3 Å². The first-order valence-corrected chi connectivity index (χ1v) is 8.91. The molecule has 2 heterocycles. The zero-order valence-electron chi connectivity index (χ0n) is 14.7. The van der Waals surface area contributed by atoms with Crippen LogP contribution in [-0.4, -0.2) is 63.7 Å². The number of aryl methyl sites for hydroxylation is 1. The van der Waals surface area contributed by atoms with Crippen molar-refractivity contribution in [3.8, 4) is 0 Å². The molecule has 0 bridgehead atoms. The van der Waals surface area contributed by atoms with Crippen LogP contribution >= 0.6 is 11.3 Å². The molecule has 1 aliphatic rings. The van der Waals surface area contributed by atoms with Gasteiger partial charge in [-0.3, -0.25) is 4.90 Å². The molecule has 1 aromatic rings. The number of amides is 2. The average molecular weight is 340 g/mol. The number of urea groups is 1. The molecule has 0 saturated carbocycles. The third-order valence-corrected chi connectivity index (χ3v) is 5.03. The minimum Gasteiger partial charge on any atom is -0.389 e. The highest BCUT2D eigenvalue weighted by Crippen LogP contribution is 2.20. The van der Waals surface area contributed by atoms with Gasteiger partial charge in [-0.1, -0.05) is 0 Å². The second kappa shape index (κ2) is 7.15. The number of thiazole rings is 1. The Bertz CT molecular complexity index is 540. The van der Waals surface area contributed by atoms with Crippen LogP contribution in [0, 0.1) is 6.92 Å². The lowest BCUT2D eigenvalue weighted by Gasteiger charge is -2.41. The van der Waals surface area contributed by atoms with Crippen molar-refractivity contribution in [2.75, 3.05) is 26.2 Å². The van der Waals surface area contributed by atoms with Crippen molar-refractivity contribution in [2.24, 2.45) is 0 Å². The first-order valence-electron chi connectivity index (χ1n) is 8.10. The van der Waals surface area contributed by atoms with Gasteiger partial charge in [0.25, 0.3) is 0 Å². The van der Waals surface area contributed by atoms with E-state index in [4.69, 9.17) is 0 Å². The number of carbonyl (C=O) groups excluding carboxylic acids is 1. The Morgan fingerprint density at radius 1 is 1.57 bits per heavy atom. The summed E-state index contributed by atoms with van der Waals surface area (Å²) in [6.45, 7) is 12.5. The molecule has 0 radical (unpaired) electrons. The number of carbonyl (C=O) groups is 1. The number of nitrogens with zero attached hydrogens (tertiary/aromatic N) is 3. The number of β-amino-alcohol motifs (C(OH)–C–C–N with tert-alkyl or cyclic N) is 1. The molecule has 130 valence electrons. The standard InChI is InChI=1S/C16H28N4O2S/c1-11-9-19(10-16(4,5)22)6-7-20(11)15(21)18-13(3)14-17-8-12(2)23-14/h8,11,13,22H,6-7,9-10H2,1-5H3,(H,18,21)/t11-,13+/m1/s1. The molecule has 23 heavy (non-hydrogen) atoms. The van der Waals surface area contributed by atoms with Crippen LogP contribution in [0.15, 0.2) is 6.20 Å². The van der Waals surface area contributed by atoms with Crippen molar-refractivity contribution < 1.29 is 9.90 Å². The number of nitrogens with one attached hydrogen (secondary N) is 1. The Kier molecular flexibility index (Phi) is 5.65. The Hall–Kier alpha value is -1.18. The van der Waals surface area contributed by atoms with Crippen molar-refractivity contribution in [2.45, 2.75) is 52.3 Å². The van der Waals surface area contributed by atoms with E-state index in [-0.39, 0.29) is 18.1 Å². The van der Waals surface area contributed by atoms with Gasteiger partial charge in [-0.2, -0.15) is 0 Å². The molecule has 2 atom stereocenters. The molecule has 6 nitrogen and oxygen atoms in total. The summed E-state index contributed by atoms with van der Waals surface area (Å²) in [6.07, 6.45) is 1.83. The van der Waals surface area contributed by atoms with Gasteiger partial charge in [0.05, 0.1) is 11.6 Å². The summed E-state index contributed by atoms with van der Waals surface area (Å²) < 4.78 is 0. The number of aliphatic hydroxyl groups is 1. The molecule has 2 rings (SSSR count). The zero-order valence-corrected chi connectivity index (χ0v) is 15.5. The fraction of sp³-hybridized carbons (Fsp3) is 0.750. The summed E-state index contributed by atoms with van der Waals surface area (Å²) in [6, 6.07) is -0.0000949. The van der Waals surface area contributed by atoms with Crippen molar-refractivity contribution in [1.82, 2.24) is 20.1 Å². The van der Waals surface area contributed by atoms with Gasteiger partial charge in [0, 0.05) is 43.3 Å². The first-order chi connectivity index (χ1) is 10.7. The van der Waals surface area contributed by atoms with Gasteiger partial charge in [-0.05, 0) is 34.6 Å². The molecule has 7 heteroatoms. The van der Waals surface area contributed by atoms with Gasteiger partial charge in [-0.25, -0.2) is 9.78 Å². The Labute approximate surface area is 142 Å². The SMILES string of the molecule is Cc1cnc([C@H](C)NC(=O)N2CCN(CC(C)(C)O)C[C@H]2C)s1. The van der Waals surface area contributed by atoms with Crippen molar-refractivity contribution >= 4 is 17.4 Å². The molecule has 2 amide bonds. The molecule has 1 aromatic heterocycles. The van der Waals surface area contributed by atoms with Crippen LogP contribution in [0.1, 0.15) is 43.6 Å². The zero-order chi connectivity index (χ0) is 17.2. The highest BCUT2D eigenvalue weighted by Gasteiger charge is 2.30.